The van der Waals surface area contributed by atoms with Gasteiger partial charge in [0, 0.05) is 12.6 Å². The highest BCUT2D eigenvalue weighted by Crippen LogP contribution is 2.29. The second-order valence-corrected chi connectivity index (χ2v) is 5.49. The SMILES string of the molecule is CN1CCC[C@H]1CCNC(=O)Nc1ccccc1OC(F)(F)F. The number of ether oxygens (including phenoxy) is 1. The third-order valence-corrected chi connectivity index (χ3v) is 3.80. The number of alkyl halides is 3. The molecule has 0 radical (unpaired) electrons. The summed E-state index contributed by atoms with van der Waals surface area (Å²) in [6, 6.07) is 5.31. The monoisotopic (exact) mass is 331 g/mol. The van der Waals surface area contributed by atoms with Gasteiger partial charge in [-0.3, -0.25) is 0 Å². The van der Waals surface area contributed by atoms with Crippen LogP contribution in [0.4, 0.5) is 23.7 Å². The molecule has 0 aliphatic carbocycles. The van der Waals surface area contributed by atoms with E-state index in [0.717, 1.165) is 31.9 Å². The lowest BCUT2D eigenvalue weighted by Gasteiger charge is -2.19. The van der Waals surface area contributed by atoms with Crippen molar-refractivity contribution in [2.75, 3.05) is 25.5 Å². The minimum atomic E-state index is -4.80. The van der Waals surface area contributed by atoms with Gasteiger partial charge >= 0.3 is 12.4 Å². The lowest BCUT2D eigenvalue weighted by atomic mass is 10.1. The van der Waals surface area contributed by atoms with Gasteiger partial charge < -0.3 is 20.3 Å². The number of urea groups is 1. The van der Waals surface area contributed by atoms with Crippen molar-refractivity contribution in [3.63, 3.8) is 0 Å². The van der Waals surface area contributed by atoms with Crippen LogP contribution in [0.2, 0.25) is 0 Å². The van der Waals surface area contributed by atoms with Gasteiger partial charge in [-0.1, -0.05) is 12.1 Å². The first kappa shape index (κ1) is 17.4. The van der Waals surface area contributed by atoms with Crippen LogP contribution in [0.3, 0.4) is 0 Å². The number of rotatable bonds is 5. The Morgan fingerprint density at radius 2 is 2.13 bits per heavy atom. The fourth-order valence-electron chi connectivity index (χ4n) is 2.65. The standard InChI is InChI=1S/C15H20F3N3O2/c1-21-10-4-5-11(21)8-9-19-14(22)20-12-6-2-3-7-13(12)23-15(16,17)18/h2-3,6-7,11H,4-5,8-10H2,1H3,(H2,19,20,22)/t11-/m0/s1. The molecule has 128 valence electrons. The number of amides is 2. The number of hydrogen-bond donors (Lipinski definition) is 2. The van der Waals surface area contributed by atoms with E-state index in [0.29, 0.717) is 12.6 Å². The Hall–Kier alpha value is -1.96. The topological polar surface area (TPSA) is 53.6 Å². The number of anilines is 1. The second kappa shape index (κ2) is 7.54. The van der Waals surface area contributed by atoms with E-state index in [9.17, 15) is 18.0 Å². The molecule has 1 fully saturated rings. The number of carbonyl (C=O) groups is 1. The first-order valence-electron chi connectivity index (χ1n) is 7.45. The molecule has 0 aromatic heterocycles. The average Bonchev–Trinajstić information content (AvgIpc) is 2.85. The Morgan fingerprint density at radius 3 is 2.78 bits per heavy atom. The molecular weight excluding hydrogens is 311 g/mol. The van der Waals surface area contributed by atoms with Gasteiger partial charge in [0.15, 0.2) is 5.75 Å². The molecule has 0 saturated carbocycles. The molecule has 0 bridgehead atoms. The zero-order valence-corrected chi connectivity index (χ0v) is 12.8. The van der Waals surface area contributed by atoms with Crippen molar-refractivity contribution in [3.8, 4) is 5.75 Å². The summed E-state index contributed by atoms with van der Waals surface area (Å²) in [5.74, 6) is -0.439. The molecule has 1 aromatic rings. The second-order valence-electron chi connectivity index (χ2n) is 5.49. The predicted octanol–water partition coefficient (Wildman–Crippen LogP) is 3.19. The summed E-state index contributed by atoms with van der Waals surface area (Å²) in [6.45, 7) is 1.52. The van der Waals surface area contributed by atoms with Gasteiger partial charge in [0.05, 0.1) is 5.69 Å². The molecule has 0 spiro atoms. The molecule has 1 aliphatic heterocycles. The van der Waals surface area contributed by atoms with Crippen molar-refractivity contribution in [1.82, 2.24) is 10.2 Å². The summed E-state index contributed by atoms with van der Waals surface area (Å²) in [5.41, 5.74) is -0.0275. The molecule has 2 rings (SSSR count). The van der Waals surface area contributed by atoms with Crippen molar-refractivity contribution in [2.24, 2.45) is 0 Å². The quantitative estimate of drug-likeness (QED) is 0.871. The molecule has 23 heavy (non-hydrogen) atoms. The molecule has 1 heterocycles. The van der Waals surface area contributed by atoms with Gasteiger partial charge in [-0.05, 0) is 45.0 Å². The number of carbonyl (C=O) groups excluding carboxylic acids is 1. The predicted molar refractivity (Wildman–Crippen MR) is 80.4 cm³/mol. The van der Waals surface area contributed by atoms with E-state index < -0.39 is 18.1 Å². The fourth-order valence-corrected chi connectivity index (χ4v) is 2.65. The van der Waals surface area contributed by atoms with Crippen LogP contribution in [0.1, 0.15) is 19.3 Å². The van der Waals surface area contributed by atoms with Crippen molar-refractivity contribution < 1.29 is 22.7 Å². The lowest BCUT2D eigenvalue weighted by Crippen LogP contribution is -2.34. The zero-order valence-electron chi connectivity index (χ0n) is 12.8. The molecule has 1 saturated heterocycles. The third kappa shape index (κ3) is 5.63. The molecule has 8 heteroatoms. The van der Waals surface area contributed by atoms with Gasteiger partial charge in [-0.25, -0.2) is 4.79 Å². The van der Waals surface area contributed by atoms with Crippen molar-refractivity contribution in [3.05, 3.63) is 24.3 Å². The molecule has 5 nitrogen and oxygen atoms in total. The zero-order chi connectivity index (χ0) is 16.9. The van der Waals surface area contributed by atoms with Crippen molar-refractivity contribution in [1.29, 1.82) is 0 Å². The number of para-hydroxylation sites is 2. The first-order chi connectivity index (χ1) is 10.8. The van der Waals surface area contributed by atoms with E-state index in [1.54, 1.807) is 0 Å². The highest BCUT2D eigenvalue weighted by Gasteiger charge is 2.32. The van der Waals surface area contributed by atoms with E-state index in [1.807, 2.05) is 7.05 Å². The molecule has 2 N–H and O–H groups in total. The molecule has 2 amide bonds. The van der Waals surface area contributed by atoms with Crippen LogP contribution in [-0.2, 0) is 0 Å². The summed E-state index contributed by atoms with van der Waals surface area (Å²) in [4.78, 5) is 14.1. The van der Waals surface area contributed by atoms with E-state index in [1.165, 1.54) is 18.2 Å². The summed E-state index contributed by atoms with van der Waals surface area (Å²) in [5, 5.41) is 5.04. The Morgan fingerprint density at radius 1 is 1.39 bits per heavy atom. The Balaban J connectivity index is 1.83. The Kier molecular flexibility index (Phi) is 5.70. The van der Waals surface area contributed by atoms with Crippen LogP contribution >= 0.6 is 0 Å². The highest BCUT2D eigenvalue weighted by atomic mass is 19.4. The maximum atomic E-state index is 12.3. The van der Waals surface area contributed by atoms with Gasteiger partial charge in [0.25, 0.3) is 0 Å². The number of halogens is 3. The Labute approximate surface area is 132 Å². The largest absolute Gasteiger partial charge is 0.573 e. The summed E-state index contributed by atoms with van der Waals surface area (Å²) in [6.07, 6.45) is -1.75. The van der Waals surface area contributed by atoms with Crippen LogP contribution < -0.4 is 15.4 Å². The first-order valence-corrected chi connectivity index (χ1v) is 7.45. The maximum absolute atomic E-state index is 12.3. The van der Waals surface area contributed by atoms with E-state index in [-0.39, 0.29) is 5.69 Å². The van der Waals surface area contributed by atoms with Gasteiger partial charge in [0.2, 0.25) is 0 Å². The molecule has 1 aromatic carbocycles. The number of nitrogens with zero attached hydrogens (tertiary/aromatic N) is 1. The average molecular weight is 331 g/mol. The van der Waals surface area contributed by atoms with E-state index in [4.69, 9.17) is 0 Å². The van der Waals surface area contributed by atoms with Crippen LogP contribution in [0, 0.1) is 0 Å². The summed E-state index contributed by atoms with van der Waals surface area (Å²) < 4.78 is 40.8. The van der Waals surface area contributed by atoms with Crippen LogP contribution in [-0.4, -0.2) is 43.5 Å². The molecular formula is C15H20F3N3O2. The van der Waals surface area contributed by atoms with Crippen LogP contribution in [0.5, 0.6) is 5.75 Å². The lowest BCUT2D eigenvalue weighted by molar-refractivity contribution is -0.274. The molecule has 1 aliphatic rings. The highest BCUT2D eigenvalue weighted by molar-refractivity contribution is 5.90. The number of benzene rings is 1. The summed E-state index contributed by atoms with van der Waals surface area (Å²) >= 11 is 0. The normalized spacial score (nSPS) is 18.7. The van der Waals surface area contributed by atoms with Crippen LogP contribution in [0.25, 0.3) is 0 Å². The molecule has 0 unspecified atom stereocenters. The van der Waals surface area contributed by atoms with E-state index >= 15 is 0 Å². The fraction of sp³-hybridized carbons (Fsp3) is 0.533. The van der Waals surface area contributed by atoms with Crippen molar-refractivity contribution in [2.45, 2.75) is 31.7 Å². The minimum absolute atomic E-state index is 0.0275. The maximum Gasteiger partial charge on any atom is 0.573 e. The van der Waals surface area contributed by atoms with Crippen molar-refractivity contribution >= 4 is 11.7 Å². The number of nitrogens with one attached hydrogen (secondary N) is 2. The minimum Gasteiger partial charge on any atom is -0.404 e. The van der Waals surface area contributed by atoms with Gasteiger partial charge in [0.1, 0.15) is 0 Å². The number of likely N-dealkylation sites (tertiary alicyclic amines) is 1. The summed E-state index contributed by atoms with van der Waals surface area (Å²) in [7, 11) is 2.04. The molecule has 1 atom stereocenters. The van der Waals surface area contributed by atoms with E-state index in [2.05, 4.69) is 20.3 Å². The van der Waals surface area contributed by atoms with Crippen LogP contribution in [0.15, 0.2) is 24.3 Å². The Bertz CT molecular complexity index is 537. The third-order valence-electron chi connectivity index (χ3n) is 3.80. The van der Waals surface area contributed by atoms with Gasteiger partial charge in [-0.15, -0.1) is 13.2 Å². The number of hydrogen-bond acceptors (Lipinski definition) is 3. The smallest absolute Gasteiger partial charge is 0.404 e. The van der Waals surface area contributed by atoms with Gasteiger partial charge in [-0.2, -0.15) is 0 Å².